The molecule has 0 unspecified atom stereocenters. The topological polar surface area (TPSA) is 109 Å². The summed E-state index contributed by atoms with van der Waals surface area (Å²) in [6.45, 7) is 1.29. The second-order valence-corrected chi connectivity index (χ2v) is 4.98. The average Bonchev–Trinajstić information content (AvgIpc) is 2.15. The van der Waals surface area contributed by atoms with Crippen LogP contribution in [-0.4, -0.2) is 11.7 Å². The molecular formula is C10H10K2NO5P. The van der Waals surface area contributed by atoms with E-state index in [9.17, 15) is 23.9 Å². The molecule has 0 atom stereocenters. The maximum atomic E-state index is 11.2. The van der Waals surface area contributed by atoms with Crippen LogP contribution in [0.2, 0.25) is 0 Å². The number of Topliss-reactive ketones (excluding diaryl/α,β-unsaturated/α-hetero) is 1. The Balaban J connectivity index is 0. The Kier molecular flexibility index (Phi) is 12.7. The molecule has 92 valence electrons. The van der Waals surface area contributed by atoms with Gasteiger partial charge in [-0.25, -0.2) is 0 Å². The monoisotopic (exact) mass is 333 g/mol. The van der Waals surface area contributed by atoms with E-state index in [-0.39, 0.29) is 120 Å². The van der Waals surface area contributed by atoms with Gasteiger partial charge in [0.05, 0.1) is 6.42 Å². The molecule has 1 N–H and O–H groups in total. The number of amides is 1. The van der Waals surface area contributed by atoms with Crippen LogP contribution in [0, 0.1) is 0 Å². The summed E-state index contributed by atoms with van der Waals surface area (Å²) in [5.74, 6) is -0.764. The van der Waals surface area contributed by atoms with Gasteiger partial charge in [0, 0.05) is 5.69 Å². The molecule has 0 heterocycles. The van der Waals surface area contributed by atoms with Crippen molar-refractivity contribution in [3.05, 3.63) is 24.3 Å². The van der Waals surface area contributed by atoms with Crippen LogP contribution < -0.4 is 123 Å². The van der Waals surface area contributed by atoms with E-state index in [1.54, 1.807) is 0 Å². The third kappa shape index (κ3) is 9.41. The maximum Gasteiger partial charge on any atom is 1.00 e. The maximum absolute atomic E-state index is 11.2. The number of rotatable bonds is 4. The molecule has 0 bridgehead atoms. The Labute approximate surface area is 196 Å². The normalized spacial score (nSPS) is 9.84. The fourth-order valence-corrected chi connectivity index (χ4v) is 1.67. The Morgan fingerprint density at radius 2 is 1.63 bits per heavy atom. The number of carbonyl (C=O) groups is 2. The summed E-state index contributed by atoms with van der Waals surface area (Å²) in [4.78, 5) is 43.1. The van der Waals surface area contributed by atoms with Gasteiger partial charge in [-0.15, -0.1) is 0 Å². The molecule has 6 nitrogen and oxygen atoms in total. The molecule has 0 saturated heterocycles. The largest absolute Gasteiger partial charge is 1.00 e. The van der Waals surface area contributed by atoms with Crippen LogP contribution in [-0.2, 0) is 14.2 Å². The Hall–Kier alpha value is 1.78. The molecule has 0 fully saturated rings. The van der Waals surface area contributed by atoms with Gasteiger partial charge in [0.15, 0.2) is 0 Å². The third-order valence-electron chi connectivity index (χ3n) is 1.88. The van der Waals surface area contributed by atoms with Gasteiger partial charge in [-0.1, -0.05) is 12.1 Å². The Morgan fingerprint density at radius 1 is 1.16 bits per heavy atom. The van der Waals surface area contributed by atoms with Gasteiger partial charge in [-0.3, -0.25) is 9.59 Å². The summed E-state index contributed by atoms with van der Waals surface area (Å²) in [5, 5.41) is 2.05. The minimum Gasteiger partial charge on any atom is -0.807 e. The van der Waals surface area contributed by atoms with Crippen molar-refractivity contribution in [1.29, 1.82) is 0 Å². The number of nitrogens with one attached hydrogen (secondary N) is 1. The molecule has 1 aromatic rings. The van der Waals surface area contributed by atoms with E-state index >= 15 is 0 Å². The molecule has 1 rings (SSSR count). The molecular weight excluding hydrogens is 323 g/mol. The number of carbonyl (C=O) groups excluding carboxylic acids is 2. The smallest absolute Gasteiger partial charge is 0.807 e. The number of hydrogen-bond acceptors (Lipinski definition) is 5. The molecule has 0 aliphatic heterocycles. The van der Waals surface area contributed by atoms with E-state index < -0.39 is 13.5 Å². The summed E-state index contributed by atoms with van der Waals surface area (Å²) in [5.41, 5.74) is 0.327. The molecule has 0 radical (unpaired) electrons. The Bertz CT molecular complexity index is 485. The van der Waals surface area contributed by atoms with Gasteiger partial charge in [0.25, 0.3) is 0 Å². The zero-order chi connectivity index (χ0) is 13.1. The van der Waals surface area contributed by atoms with E-state index in [1.807, 2.05) is 0 Å². The number of hydrogen-bond donors (Lipinski definition) is 1. The summed E-state index contributed by atoms with van der Waals surface area (Å²) in [6.07, 6.45) is -0.247. The van der Waals surface area contributed by atoms with Gasteiger partial charge in [-0.05, 0) is 32.0 Å². The van der Waals surface area contributed by atoms with Crippen molar-refractivity contribution in [1.82, 2.24) is 0 Å². The van der Waals surface area contributed by atoms with Crippen molar-refractivity contribution in [2.45, 2.75) is 13.3 Å². The first kappa shape index (κ1) is 23.1. The molecule has 1 aromatic carbocycles. The van der Waals surface area contributed by atoms with Gasteiger partial charge in [-0.2, -0.15) is 0 Å². The molecule has 0 saturated carbocycles. The molecule has 1 amide bonds. The number of ketones is 1. The fraction of sp³-hybridized carbons (Fsp3) is 0.200. The summed E-state index contributed by atoms with van der Waals surface area (Å²) >= 11 is 0. The fourth-order valence-electron chi connectivity index (χ4n) is 1.16. The third-order valence-corrected chi connectivity index (χ3v) is 2.81. The molecule has 0 aliphatic rings. The van der Waals surface area contributed by atoms with Crippen molar-refractivity contribution >= 4 is 30.3 Å². The zero-order valence-corrected chi connectivity index (χ0v) is 18.1. The van der Waals surface area contributed by atoms with E-state index in [2.05, 4.69) is 5.32 Å². The van der Waals surface area contributed by atoms with Gasteiger partial charge in [0.1, 0.15) is 5.78 Å². The number of benzene rings is 1. The second kappa shape index (κ2) is 10.5. The van der Waals surface area contributed by atoms with Crippen LogP contribution in [0.25, 0.3) is 0 Å². The van der Waals surface area contributed by atoms with Crippen molar-refractivity contribution in [2.24, 2.45) is 0 Å². The zero-order valence-electron chi connectivity index (χ0n) is 11.0. The standard InChI is InChI=1S/C10H12NO5P.2K/c1-7(12)6-10(13)11-8-2-4-9(5-3-8)17(14,15)16;;/h2-5H,6H2,1H3,(H,11,13)(H2,14,15,16);;/q;2*+1/p-2. The van der Waals surface area contributed by atoms with E-state index in [0.717, 1.165) is 12.1 Å². The Morgan fingerprint density at radius 3 is 2.00 bits per heavy atom. The first-order valence-corrected chi connectivity index (χ1v) is 6.25. The van der Waals surface area contributed by atoms with E-state index in [4.69, 9.17) is 0 Å². The van der Waals surface area contributed by atoms with Crippen LogP contribution in [0.5, 0.6) is 0 Å². The van der Waals surface area contributed by atoms with Crippen LogP contribution in [0.15, 0.2) is 24.3 Å². The summed E-state index contributed by atoms with van der Waals surface area (Å²) < 4.78 is 10.7. The molecule has 0 aliphatic carbocycles. The van der Waals surface area contributed by atoms with Crippen LogP contribution >= 0.6 is 7.60 Å². The predicted octanol–water partition coefficient (Wildman–Crippen LogP) is -6.85. The van der Waals surface area contributed by atoms with Crippen LogP contribution in [0.3, 0.4) is 0 Å². The van der Waals surface area contributed by atoms with E-state index in [0.29, 0.717) is 5.69 Å². The second-order valence-electron chi connectivity index (χ2n) is 3.47. The molecule has 9 heteroatoms. The summed E-state index contributed by atoms with van der Waals surface area (Å²) in [7, 11) is -4.76. The van der Waals surface area contributed by atoms with Crippen molar-refractivity contribution < 1.29 is 127 Å². The molecule has 0 aromatic heterocycles. The molecule has 19 heavy (non-hydrogen) atoms. The quantitative estimate of drug-likeness (QED) is 0.335. The minimum atomic E-state index is -4.76. The van der Waals surface area contributed by atoms with E-state index in [1.165, 1.54) is 19.1 Å². The first-order valence-electron chi connectivity index (χ1n) is 4.71. The summed E-state index contributed by atoms with van der Waals surface area (Å²) in [6, 6.07) is 4.78. The first-order chi connectivity index (χ1) is 7.79. The van der Waals surface area contributed by atoms with Crippen molar-refractivity contribution in [2.75, 3.05) is 5.32 Å². The van der Waals surface area contributed by atoms with Gasteiger partial charge >= 0.3 is 103 Å². The van der Waals surface area contributed by atoms with Crippen molar-refractivity contribution in [3.8, 4) is 0 Å². The predicted molar refractivity (Wildman–Crippen MR) is 57.6 cm³/mol. The molecule has 0 spiro atoms. The van der Waals surface area contributed by atoms with Gasteiger partial charge < -0.3 is 19.7 Å². The average molecular weight is 333 g/mol. The number of anilines is 1. The van der Waals surface area contributed by atoms with Crippen LogP contribution in [0.1, 0.15) is 13.3 Å². The minimum absolute atomic E-state index is 0. The van der Waals surface area contributed by atoms with Crippen LogP contribution in [0.4, 0.5) is 5.69 Å². The van der Waals surface area contributed by atoms with Crippen molar-refractivity contribution in [3.63, 3.8) is 0 Å². The SMILES string of the molecule is CC(=O)CC(=O)Nc1ccc(P(=O)([O-])[O-])cc1.[K+].[K+]. The van der Waals surface area contributed by atoms with Gasteiger partial charge in [0.2, 0.25) is 5.91 Å².